The topological polar surface area (TPSA) is 64.3 Å². The molecule has 11 heteroatoms. The predicted molar refractivity (Wildman–Crippen MR) is 160 cm³/mol. The zero-order valence-electron chi connectivity index (χ0n) is 22.9. The van der Waals surface area contributed by atoms with Gasteiger partial charge in [0.1, 0.15) is 5.82 Å². The summed E-state index contributed by atoms with van der Waals surface area (Å²) in [5.41, 5.74) is 3.19. The second-order valence-electron chi connectivity index (χ2n) is 10.4. The molecule has 2 amide bonds. The van der Waals surface area contributed by atoms with Gasteiger partial charge in [-0.05, 0) is 55.7 Å². The Morgan fingerprint density at radius 2 is 1.67 bits per heavy atom. The summed E-state index contributed by atoms with van der Waals surface area (Å²) >= 11 is 12.3. The number of amides is 2. The molecule has 0 spiro atoms. The van der Waals surface area contributed by atoms with E-state index in [9.17, 15) is 18.0 Å². The maximum Gasteiger partial charge on any atom is 0.416 e. The molecule has 0 unspecified atom stereocenters. The van der Waals surface area contributed by atoms with Crippen molar-refractivity contribution in [1.82, 2.24) is 19.8 Å². The van der Waals surface area contributed by atoms with E-state index in [-0.39, 0.29) is 12.1 Å². The maximum atomic E-state index is 13.5. The monoisotopic (exact) mass is 615 g/mol. The first kappa shape index (κ1) is 29.9. The molecule has 42 heavy (non-hydrogen) atoms. The molecule has 1 saturated heterocycles. The average molecular weight is 617 g/mol. The number of piperidine rings is 1. The molecule has 0 aliphatic carbocycles. The van der Waals surface area contributed by atoms with E-state index in [4.69, 9.17) is 28.2 Å². The third kappa shape index (κ3) is 7.45. The molecule has 1 aromatic heterocycles. The number of aromatic amines is 1. The fourth-order valence-electron chi connectivity index (χ4n) is 5.17. The van der Waals surface area contributed by atoms with Gasteiger partial charge in [0, 0.05) is 59.2 Å². The SMILES string of the molecule is Cc1[nH]c(-c2ccc(C(F)(F)F)cc2)nc1CN1CCC(N(Cc2ccccc2)C(=O)Nc2cc(Cl)cc(Cl)c2)CC1. The van der Waals surface area contributed by atoms with Gasteiger partial charge in [0.05, 0.1) is 11.3 Å². The van der Waals surface area contributed by atoms with E-state index >= 15 is 0 Å². The van der Waals surface area contributed by atoms with Crippen LogP contribution in [0.2, 0.25) is 10.0 Å². The molecule has 0 saturated carbocycles. The quantitative estimate of drug-likeness (QED) is 0.219. The smallest absolute Gasteiger partial charge is 0.342 e. The number of halogens is 5. The molecule has 2 heterocycles. The van der Waals surface area contributed by atoms with Crippen molar-refractivity contribution in [3.8, 4) is 11.4 Å². The van der Waals surface area contributed by atoms with Crippen molar-refractivity contribution in [3.63, 3.8) is 0 Å². The number of likely N-dealkylation sites (tertiary alicyclic amines) is 1. The van der Waals surface area contributed by atoms with Crippen LogP contribution in [0.15, 0.2) is 72.8 Å². The fraction of sp³-hybridized carbons (Fsp3) is 0.290. The van der Waals surface area contributed by atoms with Gasteiger partial charge in [-0.1, -0.05) is 65.7 Å². The number of urea groups is 1. The van der Waals surface area contributed by atoms with Gasteiger partial charge in [-0.25, -0.2) is 9.78 Å². The normalized spacial score (nSPS) is 14.6. The first-order chi connectivity index (χ1) is 20.0. The van der Waals surface area contributed by atoms with Crippen LogP contribution in [-0.4, -0.2) is 44.9 Å². The van der Waals surface area contributed by atoms with Gasteiger partial charge in [-0.2, -0.15) is 13.2 Å². The number of carbonyl (C=O) groups excluding carboxylic acids is 1. The number of aromatic nitrogens is 2. The van der Waals surface area contributed by atoms with Crippen molar-refractivity contribution in [3.05, 3.63) is 105 Å². The number of carbonyl (C=O) groups is 1. The largest absolute Gasteiger partial charge is 0.416 e. The highest BCUT2D eigenvalue weighted by Crippen LogP contribution is 2.31. The van der Waals surface area contributed by atoms with Gasteiger partial charge in [-0.15, -0.1) is 0 Å². The standard InChI is InChI=1S/C31H30Cl2F3N5O/c1-20-28(39-29(37-20)22-7-9-23(10-8-22)31(34,35)36)19-40-13-11-27(12-14-40)41(18-21-5-3-2-4-6-21)30(42)38-26-16-24(32)15-25(33)17-26/h2-10,15-17,27H,11-14,18-19H2,1H3,(H,37,39)(H,38,42). The highest BCUT2D eigenvalue weighted by atomic mass is 35.5. The molecule has 0 bridgehead atoms. The van der Waals surface area contributed by atoms with Gasteiger partial charge in [-0.3, -0.25) is 4.90 Å². The maximum absolute atomic E-state index is 13.5. The lowest BCUT2D eigenvalue weighted by Gasteiger charge is -2.38. The van der Waals surface area contributed by atoms with Crippen molar-refractivity contribution < 1.29 is 18.0 Å². The van der Waals surface area contributed by atoms with E-state index in [0.29, 0.717) is 40.2 Å². The van der Waals surface area contributed by atoms with Crippen molar-refractivity contribution in [1.29, 1.82) is 0 Å². The molecule has 6 nitrogen and oxygen atoms in total. The average Bonchev–Trinajstić information content (AvgIpc) is 3.31. The summed E-state index contributed by atoms with van der Waals surface area (Å²) in [4.78, 5) is 25.6. The van der Waals surface area contributed by atoms with Crippen LogP contribution in [0.5, 0.6) is 0 Å². The van der Waals surface area contributed by atoms with Crippen LogP contribution in [-0.2, 0) is 19.3 Å². The van der Waals surface area contributed by atoms with Gasteiger partial charge in [0.15, 0.2) is 0 Å². The number of rotatable bonds is 7. The van der Waals surface area contributed by atoms with E-state index in [0.717, 1.165) is 55.0 Å². The first-order valence-electron chi connectivity index (χ1n) is 13.6. The lowest BCUT2D eigenvalue weighted by atomic mass is 10.0. The molecular weight excluding hydrogens is 586 g/mol. The summed E-state index contributed by atoms with van der Waals surface area (Å²) in [7, 11) is 0. The van der Waals surface area contributed by atoms with Crippen LogP contribution in [0.25, 0.3) is 11.4 Å². The summed E-state index contributed by atoms with van der Waals surface area (Å²) in [6.07, 6.45) is -2.84. The predicted octanol–water partition coefficient (Wildman–Crippen LogP) is 8.41. The van der Waals surface area contributed by atoms with E-state index in [1.165, 1.54) is 12.1 Å². The van der Waals surface area contributed by atoms with Crippen LogP contribution in [0.1, 0.15) is 35.4 Å². The van der Waals surface area contributed by atoms with Crippen molar-refractivity contribution >= 4 is 34.9 Å². The zero-order chi connectivity index (χ0) is 29.9. The summed E-state index contributed by atoms with van der Waals surface area (Å²) in [6, 6.07) is 19.6. The molecule has 4 aromatic rings. The van der Waals surface area contributed by atoms with Crippen molar-refractivity contribution in [2.75, 3.05) is 18.4 Å². The molecule has 1 aliphatic heterocycles. The van der Waals surface area contributed by atoms with E-state index in [1.807, 2.05) is 42.2 Å². The summed E-state index contributed by atoms with van der Waals surface area (Å²) in [5.74, 6) is 0.540. The number of H-pyrrole nitrogens is 1. The van der Waals surface area contributed by atoms with Gasteiger partial charge in [0.2, 0.25) is 0 Å². The summed E-state index contributed by atoms with van der Waals surface area (Å²) in [5, 5.41) is 3.84. The Bertz CT molecular complexity index is 1500. The minimum Gasteiger partial charge on any atom is -0.342 e. The zero-order valence-corrected chi connectivity index (χ0v) is 24.4. The van der Waals surface area contributed by atoms with E-state index < -0.39 is 11.7 Å². The molecule has 220 valence electrons. The van der Waals surface area contributed by atoms with Crippen LogP contribution in [0.3, 0.4) is 0 Å². The van der Waals surface area contributed by atoms with Crippen molar-refractivity contribution in [2.45, 2.75) is 45.1 Å². The lowest BCUT2D eigenvalue weighted by molar-refractivity contribution is -0.137. The van der Waals surface area contributed by atoms with E-state index in [2.05, 4.69) is 15.2 Å². The molecule has 5 rings (SSSR count). The first-order valence-corrected chi connectivity index (χ1v) is 14.3. The Labute approximate surface area is 252 Å². The second-order valence-corrected chi connectivity index (χ2v) is 11.3. The third-order valence-electron chi connectivity index (χ3n) is 7.41. The van der Waals surface area contributed by atoms with Crippen LogP contribution >= 0.6 is 23.2 Å². The molecular formula is C31H30Cl2F3N5O. The molecule has 0 radical (unpaired) electrons. The molecule has 1 aliphatic rings. The van der Waals surface area contributed by atoms with Crippen LogP contribution < -0.4 is 5.32 Å². The Morgan fingerprint density at radius 3 is 2.29 bits per heavy atom. The minimum atomic E-state index is -4.38. The number of imidazole rings is 1. The Balaban J connectivity index is 1.24. The molecule has 3 aromatic carbocycles. The van der Waals surface area contributed by atoms with Gasteiger partial charge < -0.3 is 15.2 Å². The molecule has 1 fully saturated rings. The second kappa shape index (κ2) is 12.8. The highest BCUT2D eigenvalue weighted by Gasteiger charge is 2.31. The summed E-state index contributed by atoms with van der Waals surface area (Å²) in [6.45, 7) is 4.49. The Hall–Kier alpha value is -3.53. The highest BCUT2D eigenvalue weighted by molar-refractivity contribution is 6.35. The number of benzene rings is 3. The Morgan fingerprint density at radius 1 is 1.02 bits per heavy atom. The number of nitrogens with zero attached hydrogens (tertiary/aromatic N) is 3. The number of nitrogens with one attached hydrogen (secondary N) is 2. The third-order valence-corrected chi connectivity index (χ3v) is 7.85. The van der Waals surface area contributed by atoms with Crippen LogP contribution in [0.4, 0.5) is 23.7 Å². The lowest BCUT2D eigenvalue weighted by Crippen LogP contribution is -2.48. The fourth-order valence-corrected chi connectivity index (χ4v) is 5.70. The minimum absolute atomic E-state index is 0.0131. The van der Waals surface area contributed by atoms with E-state index in [1.54, 1.807) is 18.2 Å². The van der Waals surface area contributed by atoms with Crippen molar-refractivity contribution in [2.24, 2.45) is 0 Å². The van der Waals surface area contributed by atoms with Gasteiger partial charge >= 0.3 is 12.2 Å². The Kier molecular flexibility index (Phi) is 9.11. The number of anilines is 1. The number of hydrogen-bond acceptors (Lipinski definition) is 3. The number of hydrogen-bond donors (Lipinski definition) is 2. The number of aryl methyl sites for hydroxylation is 1. The number of alkyl halides is 3. The van der Waals surface area contributed by atoms with Crippen LogP contribution in [0, 0.1) is 6.92 Å². The summed E-state index contributed by atoms with van der Waals surface area (Å²) < 4.78 is 38.8. The van der Waals surface area contributed by atoms with Gasteiger partial charge in [0.25, 0.3) is 0 Å². The molecule has 0 atom stereocenters. The molecule has 2 N–H and O–H groups in total.